The van der Waals surface area contributed by atoms with Gasteiger partial charge in [0.15, 0.2) is 6.23 Å². The second kappa shape index (κ2) is 3.23. The van der Waals surface area contributed by atoms with E-state index in [0.29, 0.717) is 5.92 Å². The fourth-order valence-corrected chi connectivity index (χ4v) is 1.81. The van der Waals surface area contributed by atoms with E-state index in [2.05, 4.69) is 12.1 Å². The van der Waals surface area contributed by atoms with E-state index < -0.39 is 6.23 Å². The molecule has 1 aliphatic carbocycles. The van der Waals surface area contributed by atoms with Crippen molar-refractivity contribution in [2.75, 3.05) is 0 Å². The second-order valence-electron chi connectivity index (χ2n) is 3.48. The van der Waals surface area contributed by atoms with Crippen LogP contribution in [0.4, 0.5) is 0 Å². The lowest BCUT2D eigenvalue weighted by Crippen LogP contribution is -2.39. The number of hydrogen-bond acceptors (Lipinski definition) is 3. The molecule has 1 aliphatic heterocycles. The molecule has 1 fully saturated rings. The first-order chi connectivity index (χ1) is 6.31. The van der Waals surface area contributed by atoms with Gasteiger partial charge in [-0.2, -0.15) is 5.26 Å². The Morgan fingerprint density at radius 2 is 2.46 bits per heavy atom. The van der Waals surface area contributed by atoms with Crippen LogP contribution in [-0.2, 0) is 4.74 Å². The van der Waals surface area contributed by atoms with Gasteiger partial charge in [0.25, 0.3) is 0 Å². The molecule has 13 heavy (non-hydrogen) atoms. The van der Waals surface area contributed by atoms with E-state index in [9.17, 15) is 0 Å². The van der Waals surface area contributed by atoms with Crippen LogP contribution in [0, 0.1) is 23.2 Å². The Kier molecular flexibility index (Phi) is 2.07. The Hall–Kier alpha value is -1.27. The zero-order valence-electron chi connectivity index (χ0n) is 7.31. The Labute approximate surface area is 77.5 Å². The van der Waals surface area contributed by atoms with E-state index in [4.69, 9.17) is 15.7 Å². The predicted molar refractivity (Wildman–Crippen MR) is 48.1 cm³/mol. The van der Waals surface area contributed by atoms with Crippen LogP contribution in [0.15, 0.2) is 24.0 Å². The summed E-state index contributed by atoms with van der Waals surface area (Å²) in [6.45, 7) is 0. The molecule has 2 N–H and O–H groups in total. The SMILES string of the molecule is N#CC1CC2CC=CC=C2OC1N. The first-order valence-corrected chi connectivity index (χ1v) is 4.50. The van der Waals surface area contributed by atoms with Gasteiger partial charge in [0.2, 0.25) is 0 Å². The predicted octanol–water partition coefficient (Wildman–Crippen LogP) is 1.29. The molecular weight excluding hydrogens is 164 g/mol. The summed E-state index contributed by atoms with van der Waals surface area (Å²) in [4.78, 5) is 0. The Bertz CT molecular complexity index is 301. The molecule has 0 radical (unpaired) electrons. The van der Waals surface area contributed by atoms with Gasteiger partial charge in [-0.1, -0.05) is 12.2 Å². The maximum Gasteiger partial charge on any atom is 0.163 e. The largest absolute Gasteiger partial charge is 0.478 e. The third-order valence-electron chi connectivity index (χ3n) is 2.59. The van der Waals surface area contributed by atoms with E-state index in [1.165, 1.54) is 0 Å². The minimum absolute atomic E-state index is 0.159. The van der Waals surface area contributed by atoms with Crippen molar-refractivity contribution in [2.45, 2.75) is 19.1 Å². The van der Waals surface area contributed by atoms with Crippen molar-refractivity contribution < 1.29 is 4.74 Å². The lowest BCUT2D eigenvalue weighted by molar-refractivity contribution is 0.0221. The van der Waals surface area contributed by atoms with Crippen molar-refractivity contribution in [3.63, 3.8) is 0 Å². The van der Waals surface area contributed by atoms with Gasteiger partial charge in [-0.25, -0.2) is 0 Å². The molecule has 0 amide bonds. The molecule has 3 unspecified atom stereocenters. The van der Waals surface area contributed by atoms with Crippen LogP contribution in [0.2, 0.25) is 0 Å². The maximum absolute atomic E-state index is 8.80. The smallest absolute Gasteiger partial charge is 0.163 e. The minimum Gasteiger partial charge on any atom is -0.478 e. The number of nitriles is 1. The molecule has 1 heterocycles. The molecule has 0 aromatic rings. The standard InChI is InChI=1S/C10H12N2O/c11-6-8-5-7-3-1-2-4-9(7)13-10(8)12/h1-2,4,7-8,10H,3,5,12H2. The van der Waals surface area contributed by atoms with E-state index in [0.717, 1.165) is 18.6 Å². The number of nitrogens with two attached hydrogens (primary N) is 1. The van der Waals surface area contributed by atoms with Gasteiger partial charge in [-0.3, -0.25) is 5.73 Å². The monoisotopic (exact) mass is 176 g/mol. The molecule has 0 aromatic carbocycles. The summed E-state index contributed by atoms with van der Waals surface area (Å²) >= 11 is 0. The molecule has 3 heteroatoms. The van der Waals surface area contributed by atoms with Gasteiger partial charge in [0.05, 0.1) is 12.0 Å². The summed E-state index contributed by atoms with van der Waals surface area (Å²) < 4.78 is 5.46. The van der Waals surface area contributed by atoms with Crippen molar-refractivity contribution in [3.8, 4) is 6.07 Å². The van der Waals surface area contributed by atoms with Gasteiger partial charge < -0.3 is 4.74 Å². The number of ether oxygens (including phenoxy) is 1. The number of fused-ring (bicyclic) bond motifs is 1. The average Bonchev–Trinajstić information content (AvgIpc) is 2.17. The molecule has 1 saturated heterocycles. The molecule has 0 bridgehead atoms. The summed E-state index contributed by atoms with van der Waals surface area (Å²) in [6.07, 6.45) is 7.37. The van der Waals surface area contributed by atoms with Crippen molar-refractivity contribution in [2.24, 2.45) is 17.6 Å². The highest BCUT2D eigenvalue weighted by Crippen LogP contribution is 2.34. The van der Waals surface area contributed by atoms with E-state index in [-0.39, 0.29) is 5.92 Å². The van der Waals surface area contributed by atoms with E-state index >= 15 is 0 Å². The van der Waals surface area contributed by atoms with Crippen LogP contribution in [0.5, 0.6) is 0 Å². The van der Waals surface area contributed by atoms with Crippen LogP contribution < -0.4 is 5.73 Å². The van der Waals surface area contributed by atoms with Gasteiger partial charge in [0.1, 0.15) is 5.76 Å². The minimum atomic E-state index is -0.445. The van der Waals surface area contributed by atoms with Crippen molar-refractivity contribution in [3.05, 3.63) is 24.0 Å². The quantitative estimate of drug-likeness (QED) is 0.605. The van der Waals surface area contributed by atoms with Crippen LogP contribution in [0.25, 0.3) is 0 Å². The molecule has 0 spiro atoms. The van der Waals surface area contributed by atoms with Crippen LogP contribution >= 0.6 is 0 Å². The molecule has 0 aromatic heterocycles. The van der Waals surface area contributed by atoms with E-state index in [1.54, 1.807) is 0 Å². The topological polar surface area (TPSA) is 59.0 Å². The van der Waals surface area contributed by atoms with Crippen molar-refractivity contribution >= 4 is 0 Å². The zero-order valence-corrected chi connectivity index (χ0v) is 7.31. The van der Waals surface area contributed by atoms with Gasteiger partial charge >= 0.3 is 0 Å². The van der Waals surface area contributed by atoms with Crippen LogP contribution in [0.3, 0.4) is 0 Å². The molecule has 2 rings (SSSR count). The number of hydrogen-bond donors (Lipinski definition) is 1. The lowest BCUT2D eigenvalue weighted by atomic mass is 9.85. The fraction of sp³-hybridized carbons (Fsp3) is 0.500. The molecule has 68 valence electrons. The van der Waals surface area contributed by atoms with Crippen molar-refractivity contribution in [1.29, 1.82) is 5.26 Å². The maximum atomic E-state index is 8.80. The third kappa shape index (κ3) is 1.45. The van der Waals surface area contributed by atoms with Gasteiger partial charge in [-0.15, -0.1) is 0 Å². The van der Waals surface area contributed by atoms with E-state index in [1.807, 2.05) is 12.2 Å². The number of allylic oxidation sites excluding steroid dienone is 4. The van der Waals surface area contributed by atoms with Gasteiger partial charge in [0, 0.05) is 5.92 Å². The summed E-state index contributed by atoms with van der Waals surface area (Å²) in [6, 6.07) is 2.19. The third-order valence-corrected chi connectivity index (χ3v) is 2.59. The summed E-state index contributed by atoms with van der Waals surface area (Å²) in [5.41, 5.74) is 5.69. The summed E-state index contributed by atoms with van der Waals surface area (Å²) in [7, 11) is 0. The summed E-state index contributed by atoms with van der Waals surface area (Å²) in [5.74, 6) is 1.16. The molecule has 3 nitrogen and oxygen atoms in total. The van der Waals surface area contributed by atoms with Crippen molar-refractivity contribution in [1.82, 2.24) is 0 Å². The zero-order chi connectivity index (χ0) is 9.26. The Morgan fingerprint density at radius 1 is 1.62 bits per heavy atom. The second-order valence-corrected chi connectivity index (χ2v) is 3.48. The normalized spacial score (nSPS) is 36.9. The highest BCUT2D eigenvalue weighted by Gasteiger charge is 2.32. The van der Waals surface area contributed by atoms with Gasteiger partial charge in [-0.05, 0) is 18.9 Å². The van der Waals surface area contributed by atoms with Crippen LogP contribution in [-0.4, -0.2) is 6.23 Å². The average molecular weight is 176 g/mol. The number of nitrogens with zero attached hydrogens (tertiary/aromatic N) is 1. The Balaban J connectivity index is 2.15. The molecule has 0 saturated carbocycles. The molecular formula is C10H12N2O. The molecule has 3 atom stereocenters. The lowest BCUT2D eigenvalue weighted by Gasteiger charge is -2.33. The first kappa shape index (κ1) is 8.33. The highest BCUT2D eigenvalue weighted by molar-refractivity contribution is 5.19. The molecule has 2 aliphatic rings. The summed E-state index contributed by atoms with van der Waals surface area (Å²) in [5, 5.41) is 8.80. The highest BCUT2D eigenvalue weighted by atomic mass is 16.5. The first-order valence-electron chi connectivity index (χ1n) is 4.50. The van der Waals surface area contributed by atoms with Crippen LogP contribution in [0.1, 0.15) is 12.8 Å². The Morgan fingerprint density at radius 3 is 3.23 bits per heavy atom. The fourth-order valence-electron chi connectivity index (χ4n) is 1.81. The number of rotatable bonds is 0.